The second kappa shape index (κ2) is 10.7. The molecule has 0 bridgehead atoms. The summed E-state index contributed by atoms with van der Waals surface area (Å²) in [6.07, 6.45) is 7.13. The monoisotopic (exact) mass is 362 g/mol. The van der Waals surface area contributed by atoms with Crippen LogP contribution in [0.4, 0.5) is 0 Å². The summed E-state index contributed by atoms with van der Waals surface area (Å²) in [5.41, 5.74) is 0.812. The molecular formula is C20H30N2O4. The summed E-state index contributed by atoms with van der Waals surface area (Å²) >= 11 is 0. The van der Waals surface area contributed by atoms with Crippen LogP contribution in [0.3, 0.4) is 0 Å². The van der Waals surface area contributed by atoms with Gasteiger partial charge in [0, 0.05) is 11.6 Å². The van der Waals surface area contributed by atoms with Gasteiger partial charge in [-0.2, -0.15) is 0 Å². The molecule has 26 heavy (non-hydrogen) atoms. The molecule has 1 saturated carbocycles. The number of rotatable bonds is 9. The Morgan fingerprint density at radius 3 is 2.85 bits per heavy atom. The summed E-state index contributed by atoms with van der Waals surface area (Å²) < 4.78 is 10.9. The van der Waals surface area contributed by atoms with Crippen molar-refractivity contribution in [2.24, 2.45) is 11.1 Å². The van der Waals surface area contributed by atoms with Gasteiger partial charge in [0.1, 0.15) is 0 Å². The average molecular weight is 362 g/mol. The van der Waals surface area contributed by atoms with Gasteiger partial charge in [0.2, 0.25) is 0 Å². The lowest BCUT2D eigenvalue weighted by Gasteiger charge is -2.29. The van der Waals surface area contributed by atoms with Crippen LogP contribution in [0, 0.1) is 5.92 Å². The Hall–Kier alpha value is -2.24. The lowest BCUT2D eigenvalue weighted by atomic mass is 9.86. The molecule has 0 unspecified atom stereocenters. The number of nitrogens with zero attached hydrogens (tertiary/aromatic N) is 1. The van der Waals surface area contributed by atoms with Crippen molar-refractivity contribution in [1.29, 1.82) is 0 Å². The predicted molar refractivity (Wildman–Crippen MR) is 102 cm³/mol. The highest BCUT2D eigenvalue weighted by molar-refractivity contribution is 5.81. The van der Waals surface area contributed by atoms with E-state index in [1.807, 2.05) is 18.2 Å². The van der Waals surface area contributed by atoms with Crippen LogP contribution in [-0.4, -0.2) is 38.5 Å². The number of carbonyl (C=O) groups is 1. The number of amides is 1. The third-order valence-corrected chi connectivity index (χ3v) is 4.58. The number of ether oxygens (including phenoxy) is 2. The van der Waals surface area contributed by atoms with Crippen molar-refractivity contribution >= 4 is 12.1 Å². The normalized spacial score (nSPS) is 20.0. The van der Waals surface area contributed by atoms with Crippen molar-refractivity contribution < 1.29 is 19.1 Å². The summed E-state index contributed by atoms with van der Waals surface area (Å²) in [5.74, 6) is 1.75. The first-order valence-corrected chi connectivity index (χ1v) is 9.39. The third kappa shape index (κ3) is 6.24. The molecule has 0 spiro atoms. The fourth-order valence-corrected chi connectivity index (χ4v) is 3.07. The van der Waals surface area contributed by atoms with Gasteiger partial charge in [-0.1, -0.05) is 31.8 Å². The number of nitrogens with one attached hydrogen (secondary N) is 1. The van der Waals surface area contributed by atoms with Gasteiger partial charge < -0.3 is 19.6 Å². The number of methoxy groups -OCH3 is 1. The minimum Gasteiger partial charge on any atom is -0.493 e. The van der Waals surface area contributed by atoms with E-state index in [4.69, 9.17) is 14.3 Å². The Morgan fingerprint density at radius 2 is 2.12 bits per heavy atom. The van der Waals surface area contributed by atoms with E-state index in [0.717, 1.165) is 18.4 Å². The molecule has 0 aromatic heterocycles. The summed E-state index contributed by atoms with van der Waals surface area (Å²) in [6, 6.07) is 5.78. The maximum atomic E-state index is 12.0. The van der Waals surface area contributed by atoms with Gasteiger partial charge in [-0.3, -0.25) is 4.79 Å². The van der Waals surface area contributed by atoms with Crippen LogP contribution in [0.25, 0.3) is 0 Å². The number of benzene rings is 1. The van der Waals surface area contributed by atoms with Crippen molar-refractivity contribution in [3.63, 3.8) is 0 Å². The van der Waals surface area contributed by atoms with E-state index in [1.54, 1.807) is 13.3 Å². The maximum absolute atomic E-state index is 12.0. The fraction of sp³-hybridized carbons (Fsp3) is 0.600. The molecule has 6 nitrogen and oxygen atoms in total. The Bertz CT molecular complexity index is 603. The highest BCUT2D eigenvalue weighted by Crippen LogP contribution is 2.27. The Balaban J connectivity index is 1.79. The fourth-order valence-electron chi connectivity index (χ4n) is 3.07. The summed E-state index contributed by atoms with van der Waals surface area (Å²) in [4.78, 5) is 17.1. The first kappa shape index (κ1) is 20.1. The quantitative estimate of drug-likeness (QED) is 0.539. The van der Waals surface area contributed by atoms with E-state index in [9.17, 15) is 4.79 Å². The van der Waals surface area contributed by atoms with E-state index in [0.29, 0.717) is 24.0 Å². The second-order valence-corrected chi connectivity index (χ2v) is 6.70. The van der Waals surface area contributed by atoms with Crippen molar-refractivity contribution in [1.82, 2.24) is 5.32 Å². The summed E-state index contributed by atoms with van der Waals surface area (Å²) in [7, 11) is 1.60. The minimum absolute atomic E-state index is 0.0749. The SMILES string of the molecule is CCCOc1ccc(/C=N\OCC(=O)N[C@@H]2CCCC[C@@H]2C)cc1OC. The van der Waals surface area contributed by atoms with Gasteiger partial charge in [0.25, 0.3) is 5.91 Å². The van der Waals surface area contributed by atoms with E-state index in [-0.39, 0.29) is 18.6 Å². The highest BCUT2D eigenvalue weighted by Gasteiger charge is 2.22. The first-order valence-electron chi connectivity index (χ1n) is 9.39. The molecular weight excluding hydrogens is 332 g/mol. The van der Waals surface area contributed by atoms with Crippen LogP contribution < -0.4 is 14.8 Å². The smallest absolute Gasteiger partial charge is 0.261 e. The predicted octanol–water partition coefficient (Wildman–Crippen LogP) is 3.53. The molecule has 1 aliphatic rings. The Morgan fingerprint density at radius 1 is 1.31 bits per heavy atom. The topological polar surface area (TPSA) is 69.2 Å². The largest absolute Gasteiger partial charge is 0.493 e. The van der Waals surface area contributed by atoms with E-state index >= 15 is 0 Å². The zero-order valence-electron chi connectivity index (χ0n) is 16.0. The van der Waals surface area contributed by atoms with Crippen molar-refractivity contribution in [2.45, 2.75) is 52.0 Å². The lowest BCUT2D eigenvalue weighted by Crippen LogP contribution is -2.42. The third-order valence-electron chi connectivity index (χ3n) is 4.58. The van der Waals surface area contributed by atoms with Crippen LogP contribution in [0.2, 0.25) is 0 Å². The maximum Gasteiger partial charge on any atom is 0.261 e. The second-order valence-electron chi connectivity index (χ2n) is 6.70. The number of oxime groups is 1. The molecule has 0 radical (unpaired) electrons. The standard InChI is InChI=1S/C20H30N2O4/c1-4-11-25-18-10-9-16(12-19(18)24-3)13-21-26-14-20(23)22-17-8-6-5-7-15(17)2/h9-10,12-13,15,17H,4-8,11,14H2,1-3H3,(H,22,23)/b21-13-/t15-,17+/m0/s1. The molecule has 1 amide bonds. The Kier molecular flexibility index (Phi) is 8.25. The summed E-state index contributed by atoms with van der Waals surface area (Å²) in [6.45, 7) is 4.80. The van der Waals surface area contributed by atoms with Crippen molar-refractivity contribution in [2.75, 3.05) is 20.3 Å². The van der Waals surface area contributed by atoms with Crippen LogP contribution in [0.15, 0.2) is 23.4 Å². The molecule has 1 aliphatic carbocycles. The highest BCUT2D eigenvalue weighted by atomic mass is 16.6. The zero-order chi connectivity index (χ0) is 18.8. The van der Waals surface area contributed by atoms with Crippen LogP contribution in [0.5, 0.6) is 11.5 Å². The van der Waals surface area contributed by atoms with E-state index in [1.165, 1.54) is 19.3 Å². The van der Waals surface area contributed by atoms with E-state index < -0.39 is 0 Å². The summed E-state index contributed by atoms with van der Waals surface area (Å²) in [5, 5.41) is 6.92. The zero-order valence-corrected chi connectivity index (χ0v) is 16.0. The van der Waals surface area contributed by atoms with Crippen LogP contribution in [0.1, 0.15) is 51.5 Å². The number of carbonyl (C=O) groups excluding carboxylic acids is 1. The van der Waals surface area contributed by atoms with Gasteiger partial charge in [-0.15, -0.1) is 0 Å². The number of hydrogen-bond acceptors (Lipinski definition) is 5. The van der Waals surface area contributed by atoms with Crippen LogP contribution >= 0.6 is 0 Å². The van der Waals surface area contributed by atoms with Crippen molar-refractivity contribution in [3.05, 3.63) is 23.8 Å². The van der Waals surface area contributed by atoms with Gasteiger partial charge in [-0.25, -0.2) is 0 Å². The molecule has 1 N–H and O–H groups in total. The van der Waals surface area contributed by atoms with Crippen molar-refractivity contribution in [3.8, 4) is 11.5 Å². The molecule has 0 heterocycles. The molecule has 144 valence electrons. The molecule has 1 fully saturated rings. The lowest BCUT2D eigenvalue weighted by molar-refractivity contribution is -0.126. The van der Waals surface area contributed by atoms with Gasteiger partial charge in [-0.05, 0) is 43.4 Å². The molecule has 1 aromatic rings. The van der Waals surface area contributed by atoms with Gasteiger partial charge in [0.15, 0.2) is 18.1 Å². The Labute approximate surface area is 155 Å². The molecule has 2 atom stereocenters. The first-order chi connectivity index (χ1) is 12.6. The van der Waals surface area contributed by atoms with Gasteiger partial charge >= 0.3 is 0 Å². The molecule has 6 heteroatoms. The van der Waals surface area contributed by atoms with Gasteiger partial charge in [0.05, 0.1) is 19.9 Å². The number of hydrogen-bond donors (Lipinski definition) is 1. The molecule has 2 rings (SSSR count). The molecule has 0 saturated heterocycles. The average Bonchev–Trinajstić information content (AvgIpc) is 2.65. The minimum atomic E-state index is -0.123. The molecule has 0 aliphatic heterocycles. The van der Waals surface area contributed by atoms with Crippen LogP contribution in [-0.2, 0) is 9.63 Å². The van der Waals surface area contributed by atoms with E-state index in [2.05, 4.69) is 24.3 Å². The molecule has 1 aromatic carbocycles.